The Labute approximate surface area is 156 Å². The Morgan fingerprint density at radius 3 is 2.70 bits per heavy atom. The highest BCUT2D eigenvalue weighted by molar-refractivity contribution is 5.95. The molecule has 140 valence electrons. The highest BCUT2D eigenvalue weighted by Crippen LogP contribution is 2.25. The fraction of sp³-hybridized carbons (Fsp3) is 0.250. The van der Waals surface area contributed by atoms with Gasteiger partial charge in [-0.05, 0) is 30.2 Å². The molecule has 2 N–H and O–H groups in total. The van der Waals surface area contributed by atoms with Crippen molar-refractivity contribution < 1.29 is 24.2 Å². The first-order chi connectivity index (χ1) is 13.0. The number of hydrogen-bond donors (Lipinski definition) is 2. The molecule has 7 heteroatoms. The van der Waals surface area contributed by atoms with Gasteiger partial charge >= 0.3 is 5.97 Å². The number of anilines is 2. The molecule has 2 aromatic rings. The van der Waals surface area contributed by atoms with Crippen LogP contribution < -0.4 is 15.0 Å². The first-order valence-corrected chi connectivity index (χ1v) is 8.66. The highest BCUT2D eigenvalue weighted by atomic mass is 16.5. The zero-order valence-electron chi connectivity index (χ0n) is 14.7. The third-order valence-electron chi connectivity index (χ3n) is 4.21. The molecule has 27 heavy (non-hydrogen) atoms. The van der Waals surface area contributed by atoms with E-state index in [2.05, 4.69) is 5.32 Å². The lowest BCUT2D eigenvalue weighted by Gasteiger charge is -2.16. The van der Waals surface area contributed by atoms with Gasteiger partial charge in [-0.1, -0.05) is 24.3 Å². The Bertz CT molecular complexity index is 865. The van der Waals surface area contributed by atoms with E-state index >= 15 is 0 Å². The van der Waals surface area contributed by atoms with E-state index < -0.39 is 11.9 Å². The van der Waals surface area contributed by atoms with Crippen molar-refractivity contribution in [2.75, 3.05) is 23.4 Å². The van der Waals surface area contributed by atoms with Gasteiger partial charge in [0, 0.05) is 30.4 Å². The second-order valence-corrected chi connectivity index (χ2v) is 6.21. The number of rotatable bonds is 7. The summed E-state index contributed by atoms with van der Waals surface area (Å²) in [6, 6.07) is 13.8. The largest absolute Gasteiger partial charge is 0.484 e. The third kappa shape index (κ3) is 4.84. The predicted molar refractivity (Wildman–Crippen MR) is 99.9 cm³/mol. The minimum absolute atomic E-state index is 0.0833. The van der Waals surface area contributed by atoms with Crippen molar-refractivity contribution in [2.24, 2.45) is 0 Å². The Balaban J connectivity index is 1.60. The molecule has 1 fully saturated rings. The van der Waals surface area contributed by atoms with E-state index in [1.165, 1.54) is 0 Å². The van der Waals surface area contributed by atoms with E-state index in [1.807, 2.05) is 6.07 Å². The van der Waals surface area contributed by atoms with E-state index in [4.69, 9.17) is 9.84 Å². The van der Waals surface area contributed by atoms with E-state index in [9.17, 15) is 14.4 Å². The van der Waals surface area contributed by atoms with Crippen molar-refractivity contribution in [3.05, 3.63) is 54.1 Å². The van der Waals surface area contributed by atoms with Crippen LogP contribution in [0, 0.1) is 0 Å². The number of ether oxygens (including phenoxy) is 1. The summed E-state index contributed by atoms with van der Waals surface area (Å²) in [4.78, 5) is 36.6. The second kappa shape index (κ2) is 8.35. The maximum atomic E-state index is 12.2. The van der Waals surface area contributed by atoms with E-state index in [-0.39, 0.29) is 18.9 Å². The standard InChI is InChI=1S/C20H20N2O5/c23-18(21-17-8-2-1-5-14(17)11-20(25)26)13-27-16-7-3-6-15(12-16)22-10-4-9-19(22)24/h1-3,5-8,12H,4,9-11,13H2,(H,21,23)(H,25,26). The average Bonchev–Trinajstić information content (AvgIpc) is 3.07. The van der Waals surface area contributed by atoms with E-state index in [1.54, 1.807) is 47.4 Å². The lowest BCUT2D eigenvalue weighted by atomic mass is 10.1. The number of nitrogens with zero attached hydrogens (tertiary/aromatic N) is 1. The molecule has 0 unspecified atom stereocenters. The molecule has 0 aromatic heterocycles. The number of amides is 2. The summed E-state index contributed by atoms with van der Waals surface area (Å²) in [7, 11) is 0. The number of carbonyl (C=O) groups excluding carboxylic acids is 2. The summed E-state index contributed by atoms with van der Waals surface area (Å²) in [5.41, 5.74) is 1.72. The molecule has 1 heterocycles. The maximum absolute atomic E-state index is 12.2. The third-order valence-corrected chi connectivity index (χ3v) is 4.21. The summed E-state index contributed by atoms with van der Waals surface area (Å²) >= 11 is 0. The molecule has 0 spiro atoms. The zero-order valence-corrected chi connectivity index (χ0v) is 14.7. The van der Waals surface area contributed by atoms with Crippen molar-refractivity contribution in [3.8, 4) is 5.75 Å². The van der Waals surface area contributed by atoms with Crippen LogP contribution >= 0.6 is 0 Å². The molecule has 2 aromatic carbocycles. The molecule has 1 saturated heterocycles. The smallest absolute Gasteiger partial charge is 0.307 e. The molecule has 0 radical (unpaired) electrons. The maximum Gasteiger partial charge on any atom is 0.307 e. The molecule has 7 nitrogen and oxygen atoms in total. The lowest BCUT2D eigenvalue weighted by molar-refractivity contribution is -0.136. The number of hydrogen-bond acceptors (Lipinski definition) is 4. The number of nitrogens with one attached hydrogen (secondary N) is 1. The van der Waals surface area contributed by atoms with Crippen molar-refractivity contribution >= 4 is 29.2 Å². The van der Waals surface area contributed by atoms with Crippen LogP contribution in [0.15, 0.2) is 48.5 Å². The van der Waals surface area contributed by atoms with Gasteiger partial charge in [0.2, 0.25) is 5.91 Å². The van der Waals surface area contributed by atoms with Gasteiger partial charge in [0.25, 0.3) is 5.91 Å². The number of aliphatic carboxylic acids is 1. The van der Waals surface area contributed by atoms with E-state index in [0.29, 0.717) is 30.0 Å². The molecule has 0 aliphatic carbocycles. The van der Waals surface area contributed by atoms with Gasteiger partial charge in [0.05, 0.1) is 6.42 Å². The van der Waals surface area contributed by atoms with Crippen LogP contribution in [0.5, 0.6) is 5.75 Å². The Morgan fingerprint density at radius 1 is 1.15 bits per heavy atom. The van der Waals surface area contributed by atoms with Crippen LogP contribution in [0.1, 0.15) is 18.4 Å². The first-order valence-electron chi connectivity index (χ1n) is 8.66. The molecule has 0 bridgehead atoms. The molecule has 1 aliphatic heterocycles. The fourth-order valence-corrected chi connectivity index (χ4v) is 2.96. The Hall–Kier alpha value is -3.35. The predicted octanol–water partition coefficient (Wildman–Crippen LogP) is 2.46. The van der Waals surface area contributed by atoms with Crippen molar-refractivity contribution in [1.82, 2.24) is 0 Å². The first kappa shape index (κ1) is 18.4. The SMILES string of the molecule is O=C(O)Cc1ccccc1NC(=O)COc1cccc(N2CCCC2=O)c1. The molecule has 1 aliphatic rings. The van der Waals surface area contributed by atoms with Crippen molar-refractivity contribution in [3.63, 3.8) is 0 Å². The zero-order chi connectivity index (χ0) is 19.2. The van der Waals surface area contributed by atoms with Crippen LogP contribution in [0.25, 0.3) is 0 Å². The van der Waals surface area contributed by atoms with Gasteiger partial charge in [-0.25, -0.2) is 0 Å². The molecular formula is C20H20N2O5. The van der Waals surface area contributed by atoms with E-state index in [0.717, 1.165) is 12.1 Å². The van der Waals surface area contributed by atoms with Gasteiger partial charge in [-0.2, -0.15) is 0 Å². The Kier molecular flexibility index (Phi) is 5.71. The van der Waals surface area contributed by atoms with Gasteiger partial charge in [0.1, 0.15) is 5.75 Å². The van der Waals surface area contributed by atoms with Crippen LogP contribution in [-0.4, -0.2) is 36.0 Å². The molecule has 0 atom stereocenters. The monoisotopic (exact) mass is 368 g/mol. The second-order valence-electron chi connectivity index (χ2n) is 6.21. The van der Waals surface area contributed by atoms with Crippen molar-refractivity contribution in [1.29, 1.82) is 0 Å². The summed E-state index contributed by atoms with van der Waals surface area (Å²) in [5, 5.41) is 11.6. The fourth-order valence-electron chi connectivity index (χ4n) is 2.96. The van der Waals surface area contributed by atoms with Gasteiger partial charge < -0.3 is 20.1 Å². The number of carboxylic acids is 1. The van der Waals surface area contributed by atoms with Crippen LogP contribution in [0.2, 0.25) is 0 Å². The summed E-state index contributed by atoms with van der Waals surface area (Å²) in [6.07, 6.45) is 1.20. The minimum atomic E-state index is -0.971. The average molecular weight is 368 g/mol. The summed E-state index contributed by atoms with van der Waals surface area (Å²) in [5.74, 6) is -0.794. The quantitative estimate of drug-likeness (QED) is 0.783. The summed E-state index contributed by atoms with van der Waals surface area (Å²) in [6.45, 7) is 0.460. The van der Waals surface area contributed by atoms with Crippen molar-refractivity contribution in [2.45, 2.75) is 19.3 Å². The number of carboxylic acid groups (broad SMARTS) is 1. The number of para-hydroxylation sites is 1. The minimum Gasteiger partial charge on any atom is -0.484 e. The normalized spacial score (nSPS) is 13.5. The highest BCUT2D eigenvalue weighted by Gasteiger charge is 2.21. The molecule has 0 saturated carbocycles. The van der Waals surface area contributed by atoms with Crippen LogP contribution in [-0.2, 0) is 20.8 Å². The lowest BCUT2D eigenvalue weighted by Crippen LogP contribution is -2.24. The Morgan fingerprint density at radius 2 is 1.96 bits per heavy atom. The molecule has 2 amide bonds. The van der Waals surface area contributed by atoms with Crippen LogP contribution in [0.4, 0.5) is 11.4 Å². The van der Waals surface area contributed by atoms with Gasteiger partial charge in [-0.3, -0.25) is 14.4 Å². The number of benzene rings is 2. The van der Waals surface area contributed by atoms with Gasteiger partial charge in [0.15, 0.2) is 6.61 Å². The molecular weight excluding hydrogens is 348 g/mol. The topological polar surface area (TPSA) is 95.9 Å². The number of carbonyl (C=O) groups is 3. The molecule has 3 rings (SSSR count). The van der Waals surface area contributed by atoms with Crippen LogP contribution in [0.3, 0.4) is 0 Å². The van der Waals surface area contributed by atoms with Gasteiger partial charge in [-0.15, -0.1) is 0 Å². The summed E-state index contributed by atoms with van der Waals surface area (Å²) < 4.78 is 5.53.